The molecule has 0 aromatic carbocycles. The van der Waals surface area contributed by atoms with Gasteiger partial charge in [-0.2, -0.15) is 0 Å². The summed E-state index contributed by atoms with van der Waals surface area (Å²) in [6.07, 6.45) is 4.58. The molecule has 0 aliphatic rings. The van der Waals surface area contributed by atoms with Crippen LogP contribution in [0.1, 0.15) is 35.7 Å². The summed E-state index contributed by atoms with van der Waals surface area (Å²) < 4.78 is 0. The van der Waals surface area contributed by atoms with Gasteiger partial charge in [0.1, 0.15) is 0 Å². The average molecular weight is 251 g/mol. The largest absolute Gasteiger partial charge is 0.393 e. The zero-order chi connectivity index (χ0) is 12.8. The summed E-state index contributed by atoms with van der Waals surface area (Å²) in [4.78, 5) is 16.3. The molecule has 1 rings (SSSR count). The second-order valence-corrected chi connectivity index (χ2v) is 4.52. The molecule has 17 heavy (non-hydrogen) atoms. The maximum absolute atomic E-state index is 11.9. The average Bonchev–Trinajstić information content (AvgIpc) is 2.27. The van der Waals surface area contributed by atoms with Gasteiger partial charge in [0.2, 0.25) is 0 Å². The summed E-state index contributed by atoms with van der Waals surface area (Å²) in [5.41, 5.74) is 7.00. The van der Waals surface area contributed by atoms with Gasteiger partial charge >= 0.3 is 0 Å². The molecule has 1 heterocycles. The summed E-state index contributed by atoms with van der Waals surface area (Å²) >= 11 is 4.84. The van der Waals surface area contributed by atoms with E-state index in [0.717, 1.165) is 12.0 Å². The van der Waals surface area contributed by atoms with Gasteiger partial charge < -0.3 is 11.1 Å². The van der Waals surface area contributed by atoms with Crippen molar-refractivity contribution >= 4 is 23.1 Å². The number of aryl methyl sites for hydroxylation is 1. The van der Waals surface area contributed by atoms with Crippen molar-refractivity contribution in [2.24, 2.45) is 5.73 Å². The molecular formula is C12H17N3OS. The third-order valence-corrected chi connectivity index (χ3v) is 2.58. The maximum atomic E-state index is 11.9. The number of carbonyl (C=O) groups is 1. The van der Waals surface area contributed by atoms with Gasteiger partial charge in [-0.25, -0.2) is 0 Å². The Labute approximate surface area is 107 Å². The van der Waals surface area contributed by atoms with Crippen molar-refractivity contribution in [2.45, 2.75) is 32.7 Å². The maximum Gasteiger partial charge on any atom is 0.253 e. The number of nitrogens with zero attached hydrogens (tertiary/aromatic N) is 1. The molecule has 0 spiro atoms. The van der Waals surface area contributed by atoms with Crippen molar-refractivity contribution < 1.29 is 4.79 Å². The molecule has 0 saturated carbocycles. The molecule has 1 atom stereocenters. The Kier molecular flexibility index (Phi) is 5.03. The fourth-order valence-corrected chi connectivity index (χ4v) is 1.69. The Bertz CT molecular complexity index is 420. The second-order valence-electron chi connectivity index (χ2n) is 4.00. The van der Waals surface area contributed by atoms with E-state index < -0.39 is 0 Å². The first-order chi connectivity index (χ1) is 8.02. The lowest BCUT2D eigenvalue weighted by Crippen LogP contribution is -2.37. The lowest BCUT2D eigenvalue weighted by Gasteiger charge is -2.16. The zero-order valence-electron chi connectivity index (χ0n) is 10.1. The molecule has 1 aromatic rings. The van der Waals surface area contributed by atoms with Crippen molar-refractivity contribution in [2.75, 3.05) is 0 Å². The zero-order valence-corrected chi connectivity index (χ0v) is 10.9. The molecule has 4 nitrogen and oxygen atoms in total. The summed E-state index contributed by atoms with van der Waals surface area (Å²) in [5, 5.41) is 2.90. The van der Waals surface area contributed by atoms with Crippen LogP contribution in [0.25, 0.3) is 0 Å². The van der Waals surface area contributed by atoms with Crippen LogP contribution < -0.4 is 11.1 Å². The lowest BCUT2D eigenvalue weighted by atomic mass is 10.1. The third-order valence-electron chi connectivity index (χ3n) is 2.41. The minimum absolute atomic E-state index is 0.0134. The normalized spacial score (nSPS) is 11.9. The Morgan fingerprint density at radius 1 is 1.59 bits per heavy atom. The monoisotopic (exact) mass is 251 g/mol. The molecule has 5 heteroatoms. The number of pyridine rings is 1. The van der Waals surface area contributed by atoms with Crippen molar-refractivity contribution in [3.63, 3.8) is 0 Å². The Morgan fingerprint density at radius 3 is 2.82 bits per heavy atom. The van der Waals surface area contributed by atoms with Gasteiger partial charge in [-0.05, 0) is 25.0 Å². The van der Waals surface area contributed by atoms with E-state index in [0.29, 0.717) is 17.0 Å². The molecule has 92 valence electrons. The van der Waals surface area contributed by atoms with Gasteiger partial charge in [-0.3, -0.25) is 9.78 Å². The Hall–Kier alpha value is -1.49. The molecule has 1 amide bonds. The van der Waals surface area contributed by atoms with Crippen LogP contribution in [0.5, 0.6) is 0 Å². The van der Waals surface area contributed by atoms with E-state index in [1.807, 2.05) is 13.8 Å². The number of nitrogens with one attached hydrogen (secondary N) is 1. The fourth-order valence-electron chi connectivity index (χ4n) is 1.49. The topological polar surface area (TPSA) is 68.0 Å². The number of aromatic nitrogens is 1. The van der Waals surface area contributed by atoms with Gasteiger partial charge in [0.15, 0.2) is 0 Å². The van der Waals surface area contributed by atoms with Crippen LogP contribution in [-0.2, 0) is 0 Å². The smallest absolute Gasteiger partial charge is 0.253 e. The van der Waals surface area contributed by atoms with Crippen molar-refractivity contribution in [1.29, 1.82) is 0 Å². The van der Waals surface area contributed by atoms with Crippen molar-refractivity contribution in [3.8, 4) is 0 Å². The first-order valence-electron chi connectivity index (χ1n) is 5.53. The van der Waals surface area contributed by atoms with Crippen LogP contribution in [0.2, 0.25) is 0 Å². The molecule has 3 N–H and O–H groups in total. The molecular weight excluding hydrogens is 234 g/mol. The van der Waals surface area contributed by atoms with E-state index in [-0.39, 0.29) is 11.9 Å². The van der Waals surface area contributed by atoms with Crippen LogP contribution in [0.15, 0.2) is 18.5 Å². The predicted octanol–water partition coefficient (Wildman–Crippen LogP) is 1.57. The van der Waals surface area contributed by atoms with E-state index in [2.05, 4.69) is 10.3 Å². The number of thiocarbonyl (C=S) groups is 1. The minimum Gasteiger partial charge on any atom is -0.393 e. The summed E-state index contributed by atoms with van der Waals surface area (Å²) in [6.45, 7) is 3.88. The van der Waals surface area contributed by atoms with Crippen LogP contribution in [-0.4, -0.2) is 21.9 Å². The van der Waals surface area contributed by atoms with Crippen LogP contribution in [0, 0.1) is 6.92 Å². The standard InChI is InChI=1S/C12H17N3OS/c1-3-10(5-11(13)17)15-12(16)9-4-8(2)6-14-7-9/h4,6-7,10H,3,5H2,1-2H3,(H2,13,17)(H,15,16). The van der Waals surface area contributed by atoms with Gasteiger partial charge in [-0.1, -0.05) is 19.1 Å². The molecule has 0 radical (unpaired) electrons. The molecule has 0 fully saturated rings. The van der Waals surface area contributed by atoms with E-state index in [9.17, 15) is 4.79 Å². The summed E-state index contributed by atoms with van der Waals surface area (Å²) in [7, 11) is 0. The Balaban J connectivity index is 2.67. The van der Waals surface area contributed by atoms with Crippen molar-refractivity contribution in [1.82, 2.24) is 10.3 Å². The van der Waals surface area contributed by atoms with E-state index in [1.165, 1.54) is 0 Å². The molecule has 0 aliphatic heterocycles. The molecule has 1 unspecified atom stereocenters. The molecule has 1 aromatic heterocycles. The fraction of sp³-hybridized carbons (Fsp3) is 0.417. The van der Waals surface area contributed by atoms with Gasteiger partial charge in [-0.15, -0.1) is 0 Å². The molecule has 0 saturated heterocycles. The number of hydrogen-bond acceptors (Lipinski definition) is 3. The summed E-state index contributed by atoms with van der Waals surface area (Å²) in [5.74, 6) is -0.135. The molecule has 0 bridgehead atoms. The van der Waals surface area contributed by atoms with E-state index >= 15 is 0 Å². The highest BCUT2D eigenvalue weighted by Gasteiger charge is 2.13. The first-order valence-corrected chi connectivity index (χ1v) is 5.94. The second kappa shape index (κ2) is 6.30. The first kappa shape index (κ1) is 13.6. The summed E-state index contributed by atoms with van der Waals surface area (Å²) in [6, 6.07) is 1.79. The van der Waals surface area contributed by atoms with E-state index in [1.54, 1.807) is 18.5 Å². The van der Waals surface area contributed by atoms with Crippen LogP contribution >= 0.6 is 12.2 Å². The number of amides is 1. The minimum atomic E-state index is -0.135. The van der Waals surface area contributed by atoms with Gasteiger partial charge in [0.05, 0.1) is 10.6 Å². The number of rotatable bonds is 5. The quantitative estimate of drug-likeness (QED) is 0.780. The van der Waals surface area contributed by atoms with Crippen LogP contribution in [0.3, 0.4) is 0 Å². The third kappa shape index (κ3) is 4.48. The highest BCUT2D eigenvalue weighted by molar-refractivity contribution is 7.80. The molecule has 0 aliphatic carbocycles. The predicted molar refractivity (Wildman–Crippen MR) is 71.9 cm³/mol. The highest BCUT2D eigenvalue weighted by Crippen LogP contribution is 2.04. The van der Waals surface area contributed by atoms with Crippen LogP contribution in [0.4, 0.5) is 0 Å². The number of carbonyl (C=O) groups excluding carboxylic acids is 1. The lowest BCUT2D eigenvalue weighted by molar-refractivity contribution is 0.0937. The van der Waals surface area contributed by atoms with Crippen molar-refractivity contribution in [3.05, 3.63) is 29.6 Å². The highest BCUT2D eigenvalue weighted by atomic mass is 32.1. The van der Waals surface area contributed by atoms with E-state index in [4.69, 9.17) is 18.0 Å². The number of nitrogens with two attached hydrogens (primary N) is 1. The SMILES string of the molecule is CCC(CC(N)=S)NC(=O)c1cncc(C)c1. The Morgan fingerprint density at radius 2 is 2.29 bits per heavy atom. The number of hydrogen-bond donors (Lipinski definition) is 2. The van der Waals surface area contributed by atoms with Gasteiger partial charge in [0.25, 0.3) is 5.91 Å². The van der Waals surface area contributed by atoms with Gasteiger partial charge in [0, 0.05) is 24.9 Å².